The fourth-order valence-corrected chi connectivity index (χ4v) is 3.96. The average molecular weight is 366 g/mol. The van der Waals surface area contributed by atoms with Crippen LogP contribution in [0.4, 0.5) is 5.00 Å². The van der Waals surface area contributed by atoms with Crippen LogP contribution < -0.4 is 5.32 Å². The van der Waals surface area contributed by atoms with Crippen LogP contribution in [0.1, 0.15) is 43.1 Å². The molecule has 0 aliphatic rings. The summed E-state index contributed by atoms with van der Waals surface area (Å²) in [6.45, 7) is 12.5. The topological polar surface area (TPSA) is 29.1 Å². The molecule has 1 atom stereocenters. The number of carbonyl (C=O) groups excluding carboxylic acids is 1. The van der Waals surface area contributed by atoms with Gasteiger partial charge in [-0.25, -0.2) is 0 Å². The zero-order valence-electron chi connectivity index (χ0n) is 16.0. The van der Waals surface area contributed by atoms with Crippen LogP contribution in [-0.4, -0.2) is 6.29 Å². The average Bonchev–Trinajstić information content (AvgIpc) is 3.02. The molecule has 136 valence electrons. The maximum atomic E-state index is 11.7. The minimum Gasteiger partial charge on any atom is -0.351 e. The number of benzene rings is 1. The van der Waals surface area contributed by atoms with E-state index in [9.17, 15) is 4.79 Å². The van der Waals surface area contributed by atoms with Gasteiger partial charge < -0.3 is 5.32 Å². The van der Waals surface area contributed by atoms with E-state index >= 15 is 0 Å². The van der Waals surface area contributed by atoms with Crippen molar-refractivity contribution in [2.45, 2.75) is 34.1 Å². The van der Waals surface area contributed by atoms with Crippen molar-refractivity contribution in [3.05, 3.63) is 76.8 Å². The van der Waals surface area contributed by atoms with Crippen LogP contribution >= 0.6 is 11.3 Å². The molecule has 0 fully saturated rings. The maximum Gasteiger partial charge on any atom is 0.153 e. The van der Waals surface area contributed by atoms with Gasteiger partial charge in [-0.3, -0.25) is 4.79 Å². The van der Waals surface area contributed by atoms with E-state index in [0.717, 1.165) is 34.5 Å². The Balaban J connectivity index is 2.16. The molecule has 0 spiro atoms. The van der Waals surface area contributed by atoms with E-state index in [1.165, 1.54) is 11.1 Å². The van der Waals surface area contributed by atoms with Gasteiger partial charge in [0.05, 0.1) is 5.56 Å². The molecule has 26 heavy (non-hydrogen) atoms. The van der Waals surface area contributed by atoms with Crippen molar-refractivity contribution in [1.82, 2.24) is 0 Å². The Bertz CT molecular complexity index is 824. The lowest BCUT2D eigenvalue weighted by atomic mass is 9.95. The third-order valence-corrected chi connectivity index (χ3v) is 5.33. The van der Waals surface area contributed by atoms with Crippen LogP contribution in [0.5, 0.6) is 0 Å². The molecular formula is C23H27NOS. The molecule has 0 aliphatic carbocycles. The summed E-state index contributed by atoms with van der Waals surface area (Å²) in [5, 5.41) is 6.25. The van der Waals surface area contributed by atoms with Gasteiger partial charge in [0.2, 0.25) is 0 Å². The highest BCUT2D eigenvalue weighted by Crippen LogP contribution is 2.35. The smallest absolute Gasteiger partial charge is 0.153 e. The molecule has 1 heterocycles. The predicted octanol–water partition coefficient (Wildman–Crippen LogP) is 7.01. The summed E-state index contributed by atoms with van der Waals surface area (Å²) in [4.78, 5) is 11.7. The standard InChI is InChI=1S/C23H27NOS/c1-6-8-19(7-2)17(4)13-18(5)24-23-21(14-25)22(15-26-23)20-11-9-16(3)10-12-20/h6-12,14-15,17,24H,5,13H2,1-4H3/b8-6-,19-7+. The molecule has 1 N–H and O–H groups in total. The minimum atomic E-state index is 0.368. The summed E-state index contributed by atoms with van der Waals surface area (Å²) in [5.74, 6) is 0.368. The van der Waals surface area contributed by atoms with Gasteiger partial charge in [0.15, 0.2) is 6.29 Å². The van der Waals surface area contributed by atoms with Crippen molar-refractivity contribution >= 4 is 22.6 Å². The van der Waals surface area contributed by atoms with Crippen molar-refractivity contribution < 1.29 is 4.79 Å². The summed E-state index contributed by atoms with van der Waals surface area (Å²) >= 11 is 1.55. The molecule has 3 heteroatoms. The summed E-state index contributed by atoms with van der Waals surface area (Å²) < 4.78 is 0. The highest BCUT2D eigenvalue weighted by Gasteiger charge is 2.15. The van der Waals surface area contributed by atoms with Crippen LogP contribution in [0, 0.1) is 12.8 Å². The number of allylic oxidation sites excluding steroid dienone is 5. The monoisotopic (exact) mass is 365 g/mol. The third-order valence-electron chi connectivity index (χ3n) is 4.41. The second kappa shape index (κ2) is 9.35. The third kappa shape index (κ3) is 4.83. The van der Waals surface area contributed by atoms with E-state index in [-0.39, 0.29) is 0 Å². The molecule has 0 radical (unpaired) electrons. The quantitative estimate of drug-likeness (QED) is 0.402. The molecular weight excluding hydrogens is 338 g/mol. The normalized spacial score (nSPS) is 13.0. The minimum absolute atomic E-state index is 0.368. The maximum absolute atomic E-state index is 11.7. The van der Waals surface area contributed by atoms with Crippen LogP contribution in [-0.2, 0) is 0 Å². The van der Waals surface area contributed by atoms with Crippen molar-refractivity contribution in [3.8, 4) is 11.1 Å². The fourth-order valence-electron chi connectivity index (χ4n) is 2.97. The molecule has 0 saturated carbocycles. The zero-order chi connectivity index (χ0) is 19.1. The molecule has 0 amide bonds. The first kappa shape index (κ1) is 19.9. The second-order valence-electron chi connectivity index (χ2n) is 6.50. The van der Waals surface area contributed by atoms with E-state index in [0.29, 0.717) is 11.5 Å². The lowest BCUT2D eigenvalue weighted by Gasteiger charge is -2.16. The van der Waals surface area contributed by atoms with E-state index in [2.05, 4.69) is 75.2 Å². The highest BCUT2D eigenvalue weighted by atomic mass is 32.1. The largest absolute Gasteiger partial charge is 0.351 e. The van der Waals surface area contributed by atoms with Crippen molar-refractivity contribution in [2.24, 2.45) is 5.92 Å². The number of hydrogen-bond donors (Lipinski definition) is 1. The Kier molecular flexibility index (Phi) is 7.16. The Labute approximate surface area is 161 Å². The van der Waals surface area contributed by atoms with Crippen LogP contribution in [0.15, 0.2) is 65.7 Å². The number of anilines is 1. The molecule has 1 aromatic carbocycles. The van der Waals surface area contributed by atoms with Gasteiger partial charge in [-0.1, -0.05) is 61.6 Å². The SMILES string of the molecule is C=C(CC(C)C(/C=C\C)=C/C)Nc1scc(-c2ccc(C)cc2)c1C=O. The number of hydrogen-bond acceptors (Lipinski definition) is 3. The van der Waals surface area contributed by atoms with E-state index in [1.54, 1.807) is 11.3 Å². The predicted molar refractivity (Wildman–Crippen MR) is 115 cm³/mol. The Hall–Kier alpha value is -2.39. The molecule has 1 unspecified atom stereocenters. The number of carbonyl (C=O) groups is 1. The van der Waals surface area contributed by atoms with Gasteiger partial charge in [-0.15, -0.1) is 11.3 Å². The summed E-state index contributed by atoms with van der Waals surface area (Å²) in [5.41, 5.74) is 6.15. The number of rotatable bonds is 8. The molecule has 2 rings (SSSR count). The lowest BCUT2D eigenvalue weighted by Crippen LogP contribution is -2.05. The number of aldehydes is 1. The molecule has 1 aromatic heterocycles. The molecule has 2 aromatic rings. The van der Waals surface area contributed by atoms with Gasteiger partial charge in [-0.05, 0) is 44.2 Å². The van der Waals surface area contributed by atoms with E-state index in [4.69, 9.17) is 0 Å². The van der Waals surface area contributed by atoms with Gasteiger partial charge in [0, 0.05) is 16.6 Å². The van der Waals surface area contributed by atoms with Gasteiger partial charge >= 0.3 is 0 Å². The number of thiophene rings is 1. The lowest BCUT2D eigenvalue weighted by molar-refractivity contribution is 0.112. The van der Waals surface area contributed by atoms with Gasteiger partial charge in [0.1, 0.15) is 5.00 Å². The molecule has 0 aliphatic heterocycles. The Morgan fingerprint density at radius 2 is 1.96 bits per heavy atom. The van der Waals surface area contributed by atoms with Crippen LogP contribution in [0.25, 0.3) is 11.1 Å². The first-order valence-corrected chi connectivity index (χ1v) is 9.75. The fraction of sp³-hybridized carbons (Fsp3) is 0.261. The van der Waals surface area contributed by atoms with E-state index < -0.39 is 0 Å². The summed E-state index contributed by atoms with van der Waals surface area (Å²) in [6, 6.07) is 8.24. The highest BCUT2D eigenvalue weighted by molar-refractivity contribution is 7.15. The van der Waals surface area contributed by atoms with Gasteiger partial charge in [0.25, 0.3) is 0 Å². The first-order valence-electron chi connectivity index (χ1n) is 8.87. The number of aryl methyl sites for hydroxylation is 1. The molecule has 0 saturated heterocycles. The first-order chi connectivity index (χ1) is 12.5. The summed E-state index contributed by atoms with van der Waals surface area (Å²) in [7, 11) is 0. The van der Waals surface area contributed by atoms with E-state index in [1.807, 2.05) is 12.3 Å². The second-order valence-corrected chi connectivity index (χ2v) is 7.38. The number of nitrogens with one attached hydrogen (secondary N) is 1. The Morgan fingerprint density at radius 3 is 2.54 bits per heavy atom. The van der Waals surface area contributed by atoms with Crippen molar-refractivity contribution in [3.63, 3.8) is 0 Å². The van der Waals surface area contributed by atoms with Crippen LogP contribution in [0.2, 0.25) is 0 Å². The summed E-state index contributed by atoms with van der Waals surface area (Å²) in [6.07, 6.45) is 8.08. The zero-order valence-corrected chi connectivity index (χ0v) is 16.8. The van der Waals surface area contributed by atoms with Crippen molar-refractivity contribution in [1.29, 1.82) is 0 Å². The molecule has 2 nitrogen and oxygen atoms in total. The van der Waals surface area contributed by atoms with Gasteiger partial charge in [-0.2, -0.15) is 0 Å². The Morgan fingerprint density at radius 1 is 1.27 bits per heavy atom. The van der Waals surface area contributed by atoms with Crippen LogP contribution in [0.3, 0.4) is 0 Å². The van der Waals surface area contributed by atoms with Crippen molar-refractivity contribution in [2.75, 3.05) is 5.32 Å². The molecule has 0 bridgehead atoms.